The van der Waals surface area contributed by atoms with Gasteiger partial charge in [0.1, 0.15) is 0 Å². The van der Waals surface area contributed by atoms with Crippen molar-refractivity contribution >= 4 is 17.8 Å². The number of carbonyl (C=O) groups excluding carboxylic acids is 1. The maximum atomic E-state index is 11.2. The van der Waals surface area contributed by atoms with Gasteiger partial charge in [-0.25, -0.2) is 4.79 Å². The molecular formula is C8H9N3O3. The molecule has 0 unspecified atom stereocenters. The lowest BCUT2D eigenvalue weighted by molar-refractivity contribution is -0.132. The fourth-order valence-electron chi connectivity index (χ4n) is 1.01. The topological polar surface area (TPSA) is 119 Å². The Morgan fingerprint density at radius 2 is 1.86 bits per heavy atom. The van der Waals surface area contributed by atoms with Gasteiger partial charge in [-0.1, -0.05) is 12.2 Å². The molecule has 0 spiro atoms. The summed E-state index contributed by atoms with van der Waals surface area (Å²) in [7, 11) is 0. The SMILES string of the molecule is NC(N)=NC(=O)C1=CC=C(C(=O)O)C1. The van der Waals surface area contributed by atoms with Crippen molar-refractivity contribution in [3.8, 4) is 0 Å². The highest BCUT2D eigenvalue weighted by Gasteiger charge is 2.19. The molecule has 5 N–H and O–H groups in total. The molecule has 1 aliphatic carbocycles. The molecule has 1 amide bonds. The van der Waals surface area contributed by atoms with E-state index in [1.54, 1.807) is 0 Å². The van der Waals surface area contributed by atoms with E-state index < -0.39 is 11.9 Å². The summed E-state index contributed by atoms with van der Waals surface area (Å²) in [6.45, 7) is 0. The number of nitrogens with zero attached hydrogens (tertiary/aromatic N) is 1. The average molecular weight is 195 g/mol. The highest BCUT2D eigenvalue weighted by molar-refractivity contribution is 6.04. The number of hydrogen-bond donors (Lipinski definition) is 3. The Balaban J connectivity index is 2.67. The van der Waals surface area contributed by atoms with E-state index in [9.17, 15) is 9.59 Å². The number of carboxylic acids is 1. The Kier molecular flexibility index (Phi) is 2.66. The molecule has 74 valence electrons. The average Bonchev–Trinajstić information content (AvgIpc) is 2.50. The number of rotatable bonds is 2. The quantitative estimate of drug-likeness (QED) is 0.390. The first-order valence-electron chi connectivity index (χ1n) is 3.77. The summed E-state index contributed by atoms with van der Waals surface area (Å²) in [5.74, 6) is -1.98. The van der Waals surface area contributed by atoms with Crippen LogP contribution in [0.5, 0.6) is 0 Å². The van der Waals surface area contributed by atoms with Crippen LogP contribution in [0.1, 0.15) is 6.42 Å². The molecule has 0 aliphatic heterocycles. The van der Waals surface area contributed by atoms with E-state index >= 15 is 0 Å². The van der Waals surface area contributed by atoms with Gasteiger partial charge < -0.3 is 16.6 Å². The first-order valence-corrected chi connectivity index (χ1v) is 3.77. The highest BCUT2D eigenvalue weighted by Crippen LogP contribution is 2.19. The van der Waals surface area contributed by atoms with Gasteiger partial charge in [0.25, 0.3) is 5.91 Å². The van der Waals surface area contributed by atoms with Crippen molar-refractivity contribution in [1.29, 1.82) is 0 Å². The molecule has 0 atom stereocenters. The summed E-state index contributed by atoms with van der Waals surface area (Å²) in [6.07, 6.45) is 2.82. The summed E-state index contributed by atoms with van der Waals surface area (Å²) in [5.41, 5.74) is 10.4. The predicted molar refractivity (Wildman–Crippen MR) is 49.2 cm³/mol. The number of aliphatic carboxylic acids is 1. The smallest absolute Gasteiger partial charge is 0.331 e. The van der Waals surface area contributed by atoms with Crippen molar-refractivity contribution in [3.05, 3.63) is 23.3 Å². The second kappa shape index (κ2) is 3.73. The number of hydrogen-bond acceptors (Lipinski definition) is 2. The number of amides is 1. The lowest BCUT2D eigenvalue weighted by Crippen LogP contribution is -2.24. The van der Waals surface area contributed by atoms with Gasteiger partial charge in [0.2, 0.25) is 0 Å². The Bertz CT molecular complexity index is 375. The summed E-state index contributed by atoms with van der Waals surface area (Å²) in [4.78, 5) is 25.0. The summed E-state index contributed by atoms with van der Waals surface area (Å²) < 4.78 is 0. The second-order valence-corrected chi connectivity index (χ2v) is 2.71. The third-order valence-electron chi connectivity index (χ3n) is 1.65. The molecule has 1 rings (SSSR count). The van der Waals surface area contributed by atoms with Gasteiger partial charge in [0.05, 0.1) is 0 Å². The Labute approximate surface area is 79.6 Å². The first kappa shape index (κ1) is 9.97. The molecule has 0 aromatic heterocycles. The van der Waals surface area contributed by atoms with Gasteiger partial charge in [-0.3, -0.25) is 4.79 Å². The molecule has 0 fully saturated rings. The van der Waals surface area contributed by atoms with Crippen LogP contribution in [0.25, 0.3) is 0 Å². The van der Waals surface area contributed by atoms with Crippen molar-refractivity contribution < 1.29 is 14.7 Å². The van der Waals surface area contributed by atoms with Gasteiger partial charge in [0.15, 0.2) is 5.96 Å². The zero-order valence-electron chi connectivity index (χ0n) is 7.23. The largest absolute Gasteiger partial charge is 0.478 e. The van der Waals surface area contributed by atoms with Gasteiger partial charge >= 0.3 is 5.97 Å². The van der Waals surface area contributed by atoms with Crippen molar-refractivity contribution in [2.45, 2.75) is 6.42 Å². The van der Waals surface area contributed by atoms with E-state index in [0.29, 0.717) is 0 Å². The first-order chi connectivity index (χ1) is 6.50. The van der Waals surface area contributed by atoms with E-state index in [1.165, 1.54) is 12.2 Å². The third kappa shape index (κ3) is 2.19. The van der Waals surface area contributed by atoms with Crippen molar-refractivity contribution in [2.24, 2.45) is 16.5 Å². The van der Waals surface area contributed by atoms with E-state index in [-0.39, 0.29) is 23.5 Å². The van der Waals surface area contributed by atoms with Gasteiger partial charge in [-0.05, 0) is 0 Å². The minimum Gasteiger partial charge on any atom is -0.478 e. The van der Waals surface area contributed by atoms with Crippen LogP contribution in [-0.4, -0.2) is 22.9 Å². The lowest BCUT2D eigenvalue weighted by Gasteiger charge is -1.97. The Morgan fingerprint density at radius 3 is 2.29 bits per heavy atom. The van der Waals surface area contributed by atoms with Crippen LogP contribution in [0, 0.1) is 0 Å². The summed E-state index contributed by atoms with van der Waals surface area (Å²) in [5, 5.41) is 8.60. The molecule has 0 aromatic rings. The maximum Gasteiger partial charge on any atom is 0.331 e. The predicted octanol–water partition coefficient (Wildman–Crippen LogP) is -0.873. The third-order valence-corrected chi connectivity index (χ3v) is 1.65. The maximum absolute atomic E-state index is 11.2. The van der Waals surface area contributed by atoms with Gasteiger partial charge in [-0.2, -0.15) is 4.99 Å². The molecule has 0 saturated heterocycles. The highest BCUT2D eigenvalue weighted by atomic mass is 16.4. The molecule has 6 nitrogen and oxygen atoms in total. The van der Waals surface area contributed by atoms with Crippen LogP contribution in [0.3, 0.4) is 0 Å². The summed E-state index contributed by atoms with van der Waals surface area (Å²) in [6, 6.07) is 0. The second-order valence-electron chi connectivity index (χ2n) is 2.71. The molecule has 0 bridgehead atoms. The fourth-order valence-corrected chi connectivity index (χ4v) is 1.01. The molecule has 1 aliphatic rings. The number of nitrogens with two attached hydrogens (primary N) is 2. The number of carboxylic acid groups (broad SMARTS) is 1. The lowest BCUT2D eigenvalue weighted by atomic mass is 10.1. The number of aliphatic imine (C=N–C) groups is 1. The molecular weight excluding hydrogens is 186 g/mol. The molecule has 0 heterocycles. The van der Waals surface area contributed by atoms with Crippen molar-refractivity contribution in [3.63, 3.8) is 0 Å². The van der Waals surface area contributed by atoms with E-state index in [1.807, 2.05) is 0 Å². The van der Waals surface area contributed by atoms with Gasteiger partial charge in [-0.15, -0.1) is 0 Å². The minimum absolute atomic E-state index is 0.0605. The van der Waals surface area contributed by atoms with Crippen LogP contribution in [0.15, 0.2) is 28.3 Å². The zero-order chi connectivity index (χ0) is 10.7. The van der Waals surface area contributed by atoms with E-state index in [2.05, 4.69) is 4.99 Å². The molecule has 6 heteroatoms. The Morgan fingerprint density at radius 1 is 1.29 bits per heavy atom. The number of guanidine groups is 1. The fraction of sp³-hybridized carbons (Fsp3) is 0.125. The standard InChI is InChI=1S/C8H9N3O3/c9-8(10)11-6(12)4-1-2-5(3-4)7(13)14/h1-2H,3H2,(H,13,14)(H4,9,10,11,12). The number of allylic oxidation sites excluding steroid dienone is 2. The number of carbonyl (C=O) groups is 2. The molecule has 0 radical (unpaired) electrons. The van der Waals surface area contributed by atoms with Crippen LogP contribution < -0.4 is 11.5 Å². The normalized spacial score (nSPS) is 14.3. The van der Waals surface area contributed by atoms with Crippen LogP contribution >= 0.6 is 0 Å². The minimum atomic E-state index is -1.05. The molecule has 0 saturated carbocycles. The monoisotopic (exact) mass is 195 g/mol. The van der Waals surface area contributed by atoms with Crippen LogP contribution in [-0.2, 0) is 9.59 Å². The van der Waals surface area contributed by atoms with E-state index in [0.717, 1.165) is 0 Å². The Hall–Kier alpha value is -2.11. The van der Waals surface area contributed by atoms with E-state index in [4.69, 9.17) is 16.6 Å². The van der Waals surface area contributed by atoms with Gasteiger partial charge in [0, 0.05) is 17.6 Å². The molecule has 14 heavy (non-hydrogen) atoms. The molecule has 0 aromatic carbocycles. The van der Waals surface area contributed by atoms with Crippen LogP contribution in [0.4, 0.5) is 0 Å². The van der Waals surface area contributed by atoms with Crippen LogP contribution in [0.2, 0.25) is 0 Å². The van der Waals surface area contributed by atoms with Crippen molar-refractivity contribution in [1.82, 2.24) is 0 Å². The zero-order valence-corrected chi connectivity index (χ0v) is 7.23. The van der Waals surface area contributed by atoms with Crippen molar-refractivity contribution in [2.75, 3.05) is 0 Å². The summed E-state index contributed by atoms with van der Waals surface area (Å²) >= 11 is 0.